The zero-order valence-electron chi connectivity index (χ0n) is 14.8. The number of nitrogens with one attached hydrogen (secondary N) is 1. The molecular weight excluding hydrogens is 340 g/mol. The second kappa shape index (κ2) is 8.75. The highest BCUT2D eigenvalue weighted by Gasteiger charge is 2.20. The third-order valence-corrected chi connectivity index (χ3v) is 4.29. The van der Waals surface area contributed by atoms with Crippen LogP contribution in [0.25, 0.3) is 0 Å². The van der Waals surface area contributed by atoms with Crippen molar-refractivity contribution in [2.24, 2.45) is 4.99 Å². The third-order valence-electron chi connectivity index (χ3n) is 4.29. The highest BCUT2D eigenvalue weighted by atomic mass is 19.1. The molecule has 2 heterocycles. The predicted octanol–water partition coefficient (Wildman–Crippen LogP) is 2.24. The molecule has 0 spiro atoms. The summed E-state index contributed by atoms with van der Waals surface area (Å²) in [4.78, 5) is 8.92. The second-order valence-electron chi connectivity index (χ2n) is 6.16. The number of piperazine rings is 1. The van der Waals surface area contributed by atoms with E-state index in [1.54, 1.807) is 6.26 Å². The van der Waals surface area contributed by atoms with Crippen molar-refractivity contribution < 1.29 is 13.3 Å². The maximum atomic E-state index is 13.8. The lowest BCUT2D eigenvalue weighted by Crippen LogP contribution is -2.52. The molecule has 2 aromatic rings. The summed E-state index contributed by atoms with van der Waals surface area (Å²) < 4.78 is 32.0. The molecule has 1 aromatic carbocycles. The quantitative estimate of drug-likeness (QED) is 0.652. The number of aromatic nitrogens is 1. The lowest BCUT2D eigenvalue weighted by atomic mass is 10.2. The van der Waals surface area contributed by atoms with Gasteiger partial charge in [0.25, 0.3) is 0 Å². The number of guanidine groups is 1. The summed E-state index contributed by atoms with van der Waals surface area (Å²) in [5.41, 5.74) is 1.17. The number of hydrogen-bond donors (Lipinski definition) is 1. The summed E-state index contributed by atoms with van der Waals surface area (Å²) >= 11 is 0. The first-order valence-electron chi connectivity index (χ1n) is 8.74. The molecule has 1 aliphatic heterocycles. The van der Waals surface area contributed by atoms with E-state index in [4.69, 9.17) is 4.52 Å². The van der Waals surface area contributed by atoms with Crippen LogP contribution in [0.2, 0.25) is 0 Å². The molecule has 8 heteroatoms. The van der Waals surface area contributed by atoms with Crippen LogP contribution in [0.3, 0.4) is 0 Å². The number of hydrogen-bond acceptors (Lipinski definition) is 4. The third kappa shape index (κ3) is 4.78. The highest BCUT2D eigenvalue weighted by molar-refractivity contribution is 5.80. The van der Waals surface area contributed by atoms with E-state index in [0.29, 0.717) is 6.54 Å². The van der Waals surface area contributed by atoms with E-state index in [2.05, 4.69) is 25.3 Å². The van der Waals surface area contributed by atoms with E-state index < -0.39 is 11.6 Å². The van der Waals surface area contributed by atoms with Crippen LogP contribution in [-0.2, 0) is 13.1 Å². The Hall–Kier alpha value is -2.48. The highest BCUT2D eigenvalue weighted by Crippen LogP contribution is 2.12. The molecule has 26 heavy (non-hydrogen) atoms. The molecule has 6 nitrogen and oxygen atoms in total. The largest absolute Gasteiger partial charge is 0.364 e. The van der Waals surface area contributed by atoms with Crippen LogP contribution < -0.4 is 5.32 Å². The first-order valence-corrected chi connectivity index (χ1v) is 8.74. The van der Waals surface area contributed by atoms with Crippen LogP contribution in [-0.4, -0.2) is 53.6 Å². The van der Waals surface area contributed by atoms with E-state index >= 15 is 0 Å². The number of nitrogens with zero attached hydrogens (tertiary/aromatic N) is 4. The van der Waals surface area contributed by atoms with E-state index in [9.17, 15) is 8.78 Å². The first-order chi connectivity index (χ1) is 12.7. The minimum atomic E-state index is -0.455. The van der Waals surface area contributed by atoms with Gasteiger partial charge in [-0.25, -0.2) is 13.8 Å². The zero-order valence-corrected chi connectivity index (χ0v) is 14.8. The van der Waals surface area contributed by atoms with Gasteiger partial charge in [-0.1, -0.05) is 5.16 Å². The van der Waals surface area contributed by atoms with Crippen molar-refractivity contribution in [1.82, 2.24) is 20.3 Å². The van der Waals surface area contributed by atoms with Gasteiger partial charge in [-0.2, -0.15) is 0 Å². The van der Waals surface area contributed by atoms with Crippen molar-refractivity contribution in [3.05, 3.63) is 53.4 Å². The molecule has 3 rings (SSSR count). The molecule has 1 aromatic heterocycles. The molecule has 140 valence electrons. The monoisotopic (exact) mass is 363 g/mol. The van der Waals surface area contributed by atoms with Gasteiger partial charge < -0.3 is 14.7 Å². The maximum absolute atomic E-state index is 13.8. The Morgan fingerprint density at radius 1 is 1.23 bits per heavy atom. The van der Waals surface area contributed by atoms with E-state index in [0.717, 1.165) is 56.5 Å². The van der Waals surface area contributed by atoms with Gasteiger partial charge in [-0.15, -0.1) is 0 Å². The van der Waals surface area contributed by atoms with Crippen LogP contribution in [0.15, 0.2) is 40.0 Å². The lowest BCUT2D eigenvalue weighted by Gasteiger charge is -2.36. The molecule has 1 fully saturated rings. The Morgan fingerprint density at radius 2 is 2.04 bits per heavy atom. The van der Waals surface area contributed by atoms with Gasteiger partial charge in [-0.05, 0) is 25.1 Å². The van der Waals surface area contributed by atoms with E-state index in [1.807, 2.05) is 13.0 Å². The Kier molecular flexibility index (Phi) is 6.17. The Bertz CT molecular complexity index is 727. The Balaban J connectivity index is 1.60. The van der Waals surface area contributed by atoms with Gasteiger partial charge in [0, 0.05) is 50.9 Å². The maximum Gasteiger partial charge on any atom is 0.194 e. The van der Waals surface area contributed by atoms with Gasteiger partial charge in [0.05, 0.1) is 12.2 Å². The van der Waals surface area contributed by atoms with E-state index in [-0.39, 0.29) is 12.1 Å². The van der Waals surface area contributed by atoms with Crippen molar-refractivity contribution in [1.29, 1.82) is 0 Å². The number of halogens is 2. The van der Waals surface area contributed by atoms with Gasteiger partial charge >= 0.3 is 0 Å². The molecule has 0 bridgehead atoms. The minimum absolute atomic E-state index is 0.102. The summed E-state index contributed by atoms with van der Waals surface area (Å²) in [7, 11) is 0. The fourth-order valence-corrected chi connectivity index (χ4v) is 2.92. The fraction of sp³-hybridized carbons (Fsp3) is 0.444. The zero-order chi connectivity index (χ0) is 18.4. The van der Waals surface area contributed by atoms with Crippen molar-refractivity contribution in [2.45, 2.75) is 20.0 Å². The van der Waals surface area contributed by atoms with Crippen LogP contribution in [0, 0.1) is 11.6 Å². The summed E-state index contributed by atoms with van der Waals surface area (Å²) in [6.45, 7) is 6.89. The van der Waals surface area contributed by atoms with E-state index in [1.165, 1.54) is 6.07 Å². The van der Waals surface area contributed by atoms with Gasteiger partial charge in [0.1, 0.15) is 17.9 Å². The summed E-state index contributed by atoms with van der Waals surface area (Å²) in [5.74, 6) is -0.177. The molecule has 0 amide bonds. The average molecular weight is 363 g/mol. The van der Waals surface area contributed by atoms with Crippen molar-refractivity contribution in [2.75, 3.05) is 32.7 Å². The molecule has 0 saturated carbocycles. The lowest BCUT2D eigenvalue weighted by molar-refractivity contribution is 0.169. The molecule has 0 atom stereocenters. The van der Waals surface area contributed by atoms with Gasteiger partial charge in [0.15, 0.2) is 5.96 Å². The summed E-state index contributed by atoms with van der Waals surface area (Å²) in [5, 5.41) is 7.17. The van der Waals surface area contributed by atoms with Gasteiger partial charge in [-0.3, -0.25) is 4.90 Å². The Labute approximate surface area is 151 Å². The molecular formula is C18H23F2N5O. The molecule has 1 N–H and O–H groups in total. The normalized spacial score (nSPS) is 16.1. The van der Waals surface area contributed by atoms with Crippen LogP contribution >= 0.6 is 0 Å². The minimum Gasteiger partial charge on any atom is -0.364 e. The van der Waals surface area contributed by atoms with Crippen LogP contribution in [0.5, 0.6) is 0 Å². The number of rotatable bonds is 5. The average Bonchev–Trinajstić information content (AvgIpc) is 3.15. The molecule has 0 aliphatic carbocycles. The Morgan fingerprint density at radius 3 is 2.73 bits per heavy atom. The van der Waals surface area contributed by atoms with Crippen molar-refractivity contribution >= 4 is 5.96 Å². The standard InChI is InChI=1S/C18H23F2N5O/c1-2-21-18(22-12-14-11-15(19)3-4-17(14)20)25-8-6-24(7-9-25)13-16-5-10-26-23-16/h3-5,10-11H,2,6-9,12-13H2,1H3,(H,21,22). The number of benzene rings is 1. The predicted molar refractivity (Wildman–Crippen MR) is 94.5 cm³/mol. The molecule has 0 radical (unpaired) electrons. The second-order valence-corrected chi connectivity index (χ2v) is 6.16. The molecule has 0 unspecified atom stereocenters. The molecule has 1 aliphatic rings. The SMILES string of the molecule is CCNC(=NCc1cc(F)ccc1F)N1CCN(Cc2ccon2)CC1. The van der Waals surface area contributed by atoms with Crippen molar-refractivity contribution in [3.63, 3.8) is 0 Å². The molecule has 1 saturated heterocycles. The van der Waals surface area contributed by atoms with Crippen LogP contribution in [0.1, 0.15) is 18.2 Å². The van der Waals surface area contributed by atoms with Crippen molar-refractivity contribution in [3.8, 4) is 0 Å². The smallest absolute Gasteiger partial charge is 0.194 e. The number of aliphatic imine (C=N–C) groups is 1. The first kappa shape index (κ1) is 18.3. The van der Waals surface area contributed by atoms with Crippen LogP contribution in [0.4, 0.5) is 8.78 Å². The summed E-state index contributed by atoms with van der Waals surface area (Å²) in [6, 6.07) is 5.31. The fourth-order valence-electron chi connectivity index (χ4n) is 2.92. The van der Waals surface area contributed by atoms with Gasteiger partial charge in [0.2, 0.25) is 0 Å². The topological polar surface area (TPSA) is 56.9 Å². The summed E-state index contributed by atoms with van der Waals surface area (Å²) in [6.07, 6.45) is 1.58.